The predicted octanol–water partition coefficient (Wildman–Crippen LogP) is 4.64. The maximum atomic E-state index is 14.8. The van der Waals surface area contributed by atoms with E-state index in [1.165, 1.54) is 31.2 Å². The molecule has 0 aliphatic heterocycles. The first-order valence-corrected chi connectivity index (χ1v) is 10.2. The standard InChI is InChI=1S/C24H24B2F2/c25-19-9-5-16(6-10-19)15-1-3-17(4-2-15)21-13-14-22(24(28)23(21)27)18-7-11-20(26)12-8-18/h1-4,7-8,11-14,16,19H,5-6,9-10,25-26H2. The van der Waals surface area contributed by atoms with E-state index in [4.69, 9.17) is 0 Å². The number of benzene rings is 3. The third kappa shape index (κ3) is 3.78. The molecule has 0 spiro atoms. The molecule has 0 N–H and O–H groups in total. The van der Waals surface area contributed by atoms with Crippen molar-refractivity contribution in [3.63, 3.8) is 0 Å². The fourth-order valence-electron chi connectivity index (χ4n) is 4.26. The van der Waals surface area contributed by atoms with Gasteiger partial charge in [-0.05, 0) is 35.4 Å². The summed E-state index contributed by atoms with van der Waals surface area (Å²) in [6.45, 7) is 0. The summed E-state index contributed by atoms with van der Waals surface area (Å²) in [5.41, 5.74) is 4.43. The van der Waals surface area contributed by atoms with Gasteiger partial charge in [-0.2, -0.15) is 0 Å². The Kier molecular flexibility index (Phi) is 5.39. The van der Waals surface area contributed by atoms with Crippen molar-refractivity contribution >= 4 is 21.2 Å². The van der Waals surface area contributed by atoms with Crippen molar-refractivity contribution in [2.45, 2.75) is 37.4 Å². The van der Waals surface area contributed by atoms with Crippen molar-refractivity contribution in [1.82, 2.24) is 0 Å². The minimum absolute atomic E-state index is 0.300. The first kappa shape index (κ1) is 19.0. The van der Waals surface area contributed by atoms with Crippen molar-refractivity contribution in [3.8, 4) is 22.3 Å². The molecule has 4 heteroatoms. The third-order valence-corrected chi connectivity index (χ3v) is 6.15. The largest absolute Gasteiger partial charge is 0.203 e. The molecular formula is C24H24B2F2. The molecule has 3 aromatic rings. The number of halogens is 2. The van der Waals surface area contributed by atoms with Gasteiger partial charge in [-0.15, -0.1) is 0 Å². The van der Waals surface area contributed by atoms with Gasteiger partial charge in [-0.25, -0.2) is 8.78 Å². The Morgan fingerprint density at radius 3 is 1.61 bits per heavy atom. The summed E-state index contributed by atoms with van der Waals surface area (Å²) in [6, 6.07) is 18.9. The van der Waals surface area contributed by atoms with Crippen LogP contribution in [-0.4, -0.2) is 15.7 Å². The predicted molar refractivity (Wildman–Crippen MR) is 119 cm³/mol. The molecule has 0 heterocycles. The second-order valence-corrected chi connectivity index (χ2v) is 8.23. The van der Waals surface area contributed by atoms with Crippen LogP contribution in [0.2, 0.25) is 5.82 Å². The van der Waals surface area contributed by atoms with Crippen molar-refractivity contribution in [2.24, 2.45) is 0 Å². The molecule has 0 bridgehead atoms. The van der Waals surface area contributed by atoms with Crippen LogP contribution < -0.4 is 5.46 Å². The van der Waals surface area contributed by atoms with Crippen molar-refractivity contribution in [1.29, 1.82) is 0 Å². The van der Waals surface area contributed by atoms with Gasteiger partial charge in [0.15, 0.2) is 11.6 Å². The van der Waals surface area contributed by atoms with Gasteiger partial charge in [0, 0.05) is 11.1 Å². The van der Waals surface area contributed by atoms with E-state index < -0.39 is 11.6 Å². The quantitative estimate of drug-likeness (QED) is 0.588. The summed E-state index contributed by atoms with van der Waals surface area (Å²) in [6.07, 6.45) is 4.98. The van der Waals surface area contributed by atoms with Crippen LogP contribution in [0.4, 0.5) is 8.78 Å². The number of hydrogen-bond acceptors (Lipinski definition) is 0. The van der Waals surface area contributed by atoms with Crippen LogP contribution >= 0.6 is 0 Å². The van der Waals surface area contributed by atoms with E-state index >= 15 is 0 Å². The average molecular weight is 372 g/mol. The van der Waals surface area contributed by atoms with E-state index in [0.717, 1.165) is 16.8 Å². The van der Waals surface area contributed by atoms with E-state index in [1.54, 1.807) is 12.1 Å². The van der Waals surface area contributed by atoms with Gasteiger partial charge in [-0.3, -0.25) is 0 Å². The molecule has 1 aliphatic carbocycles. The molecule has 1 saturated carbocycles. The average Bonchev–Trinajstić information content (AvgIpc) is 2.72. The van der Waals surface area contributed by atoms with Crippen LogP contribution in [0.1, 0.15) is 37.2 Å². The zero-order valence-corrected chi connectivity index (χ0v) is 16.5. The molecule has 1 fully saturated rings. The molecule has 0 amide bonds. The summed E-state index contributed by atoms with van der Waals surface area (Å²) in [5.74, 6) is -0.153. The van der Waals surface area contributed by atoms with Crippen molar-refractivity contribution in [3.05, 3.63) is 77.9 Å². The maximum Gasteiger partial charge on any atom is 0.167 e. The lowest BCUT2D eigenvalue weighted by molar-refractivity contribution is 0.444. The molecule has 0 atom stereocenters. The van der Waals surface area contributed by atoms with Gasteiger partial charge >= 0.3 is 0 Å². The highest BCUT2D eigenvalue weighted by atomic mass is 19.2. The van der Waals surface area contributed by atoms with Crippen LogP contribution in [0, 0.1) is 11.6 Å². The van der Waals surface area contributed by atoms with Crippen LogP contribution in [-0.2, 0) is 0 Å². The summed E-state index contributed by atoms with van der Waals surface area (Å²) in [5, 5.41) is 0. The molecule has 3 aromatic carbocycles. The van der Waals surface area contributed by atoms with Gasteiger partial charge in [0.1, 0.15) is 15.7 Å². The van der Waals surface area contributed by atoms with Crippen LogP contribution in [0.5, 0.6) is 0 Å². The maximum absolute atomic E-state index is 14.8. The van der Waals surface area contributed by atoms with Crippen molar-refractivity contribution < 1.29 is 8.78 Å². The van der Waals surface area contributed by atoms with Gasteiger partial charge in [-0.1, -0.05) is 84.8 Å². The van der Waals surface area contributed by atoms with Crippen molar-refractivity contribution in [2.75, 3.05) is 0 Å². The van der Waals surface area contributed by atoms with Gasteiger partial charge in [0.2, 0.25) is 0 Å². The molecule has 0 radical (unpaired) electrons. The zero-order chi connectivity index (χ0) is 19.7. The van der Waals surface area contributed by atoms with E-state index in [-0.39, 0.29) is 0 Å². The second-order valence-electron chi connectivity index (χ2n) is 8.23. The van der Waals surface area contributed by atoms with E-state index in [2.05, 4.69) is 20.0 Å². The Balaban J connectivity index is 1.61. The Morgan fingerprint density at radius 2 is 1.11 bits per heavy atom. The monoisotopic (exact) mass is 372 g/mol. The van der Waals surface area contributed by atoms with Crippen LogP contribution in [0.15, 0.2) is 60.7 Å². The normalized spacial score (nSPS) is 19.5. The highest BCUT2D eigenvalue weighted by molar-refractivity contribution is 6.32. The van der Waals surface area contributed by atoms with E-state index in [9.17, 15) is 8.78 Å². The fraction of sp³-hybridized carbons (Fsp3) is 0.250. The molecule has 0 nitrogen and oxygen atoms in total. The SMILES string of the molecule is Bc1ccc(-c2ccc(-c3ccc(C4CCC(B)CC4)cc3)c(F)c2F)cc1. The van der Waals surface area contributed by atoms with E-state index in [1.807, 2.05) is 44.2 Å². The fourth-order valence-corrected chi connectivity index (χ4v) is 4.26. The molecule has 140 valence electrons. The molecule has 28 heavy (non-hydrogen) atoms. The highest BCUT2D eigenvalue weighted by Crippen LogP contribution is 2.38. The third-order valence-electron chi connectivity index (χ3n) is 6.15. The summed E-state index contributed by atoms with van der Waals surface area (Å²) < 4.78 is 29.6. The smallest absolute Gasteiger partial charge is 0.167 e. The summed E-state index contributed by atoms with van der Waals surface area (Å²) >= 11 is 0. The molecule has 1 aliphatic rings. The Morgan fingerprint density at radius 1 is 0.643 bits per heavy atom. The topological polar surface area (TPSA) is 0 Å². The molecular weight excluding hydrogens is 348 g/mol. The summed E-state index contributed by atoms with van der Waals surface area (Å²) in [4.78, 5) is 0. The Bertz CT molecular complexity index is 957. The van der Waals surface area contributed by atoms with Crippen LogP contribution in [0.3, 0.4) is 0 Å². The van der Waals surface area contributed by atoms with Crippen LogP contribution in [0.25, 0.3) is 22.3 Å². The lowest BCUT2D eigenvalue weighted by Gasteiger charge is -2.26. The molecule has 4 rings (SSSR count). The highest BCUT2D eigenvalue weighted by Gasteiger charge is 2.20. The van der Waals surface area contributed by atoms with Gasteiger partial charge in [0.25, 0.3) is 0 Å². The van der Waals surface area contributed by atoms with Gasteiger partial charge < -0.3 is 0 Å². The zero-order valence-electron chi connectivity index (χ0n) is 16.5. The number of hydrogen-bond donors (Lipinski definition) is 0. The van der Waals surface area contributed by atoms with Gasteiger partial charge in [0.05, 0.1) is 0 Å². The second kappa shape index (κ2) is 7.95. The first-order chi connectivity index (χ1) is 13.5. The molecule has 0 aromatic heterocycles. The lowest BCUT2D eigenvalue weighted by atomic mass is 9.70. The molecule has 0 saturated heterocycles. The molecule has 0 unspecified atom stereocenters. The summed E-state index contributed by atoms with van der Waals surface area (Å²) in [7, 11) is 4.29. The minimum atomic E-state index is -0.785. The Labute approximate surface area is 167 Å². The van der Waals surface area contributed by atoms with E-state index in [0.29, 0.717) is 22.6 Å². The minimum Gasteiger partial charge on any atom is -0.203 e. The lowest BCUT2D eigenvalue weighted by Crippen LogP contribution is -2.09. The Hall–Kier alpha value is -2.35. The number of rotatable bonds is 3. The first-order valence-electron chi connectivity index (χ1n) is 10.2.